The number of thioether (sulfide) groups is 1. The Labute approximate surface area is 206 Å². The molecule has 0 atom stereocenters. The molecule has 0 saturated carbocycles. The van der Waals surface area contributed by atoms with Crippen molar-refractivity contribution in [3.05, 3.63) is 75.5 Å². The topological polar surface area (TPSA) is 85.7 Å². The summed E-state index contributed by atoms with van der Waals surface area (Å²) in [5, 5.41) is 4.62. The van der Waals surface area contributed by atoms with Crippen molar-refractivity contribution in [3.63, 3.8) is 0 Å². The maximum absolute atomic E-state index is 12.1. The fourth-order valence-corrected chi connectivity index (χ4v) is 3.84. The second-order valence-electron chi connectivity index (χ2n) is 7.07. The highest BCUT2D eigenvalue weighted by Gasteiger charge is 2.08. The van der Waals surface area contributed by atoms with Crippen LogP contribution < -0.4 is 14.9 Å². The number of carbonyl (C=O) groups is 1. The van der Waals surface area contributed by atoms with Gasteiger partial charge >= 0.3 is 0 Å². The first-order valence-electron chi connectivity index (χ1n) is 10.3. The van der Waals surface area contributed by atoms with E-state index >= 15 is 0 Å². The van der Waals surface area contributed by atoms with Crippen LogP contribution in [0.4, 0.5) is 0 Å². The molecule has 1 heterocycles. The van der Waals surface area contributed by atoms with Crippen LogP contribution in [0.3, 0.4) is 0 Å². The fraction of sp³-hybridized carbons (Fsp3) is 0.250. The van der Waals surface area contributed by atoms with Crippen LogP contribution in [0, 0.1) is 13.8 Å². The number of halogens is 1. The minimum atomic E-state index is -0.238. The van der Waals surface area contributed by atoms with Gasteiger partial charge in [-0.2, -0.15) is 5.10 Å². The molecule has 0 spiro atoms. The summed E-state index contributed by atoms with van der Waals surface area (Å²) < 4.78 is 12.7. The molecule has 1 aromatic heterocycles. The number of hydrazone groups is 1. The van der Waals surface area contributed by atoms with Gasteiger partial charge < -0.3 is 9.47 Å². The average Bonchev–Trinajstić information content (AvgIpc) is 2.78. The van der Waals surface area contributed by atoms with E-state index in [1.165, 1.54) is 11.8 Å². The number of carbonyl (C=O) groups excluding carboxylic acids is 1. The lowest BCUT2D eigenvalue weighted by molar-refractivity contribution is -0.118. The third kappa shape index (κ3) is 8.18. The van der Waals surface area contributed by atoms with Gasteiger partial charge in [0.15, 0.2) is 16.7 Å². The summed E-state index contributed by atoms with van der Waals surface area (Å²) in [5.41, 5.74) is 6.10. The molecule has 172 valence electrons. The lowest BCUT2D eigenvalue weighted by atomic mass is 10.2. The highest BCUT2D eigenvalue weighted by Crippen LogP contribution is 2.29. The molecule has 0 aliphatic carbocycles. The van der Waals surface area contributed by atoms with E-state index in [-0.39, 0.29) is 11.7 Å². The predicted octanol–water partition coefficient (Wildman–Crippen LogP) is 5.08. The van der Waals surface area contributed by atoms with Crippen LogP contribution in [0.25, 0.3) is 0 Å². The number of aromatic nitrogens is 2. The Bertz CT molecular complexity index is 1100. The number of hydrogen-bond donors (Lipinski definition) is 1. The molecule has 2 aromatic carbocycles. The van der Waals surface area contributed by atoms with E-state index < -0.39 is 0 Å². The third-order valence-electron chi connectivity index (χ3n) is 4.27. The summed E-state index contributed by atoms with van der Waals surface area (Å²) in [5.74, 6) is 1.20. The van der Waals surface area contributed by atoms with E-state index in [1.54, 1.807) is 6.21 Å². The van der Waals surface area contributed by atoms with Crippen molar-refractivity contribution < 1.29 is 14.3 Å². The Balaban J connectivity index is 1.55. The van der Waals surface area contributed by atoms with E-state index in [2.05, 4.69) is 36.4 Å². The Kier molecular flexibility index (Phi) is 9.26. The summed E-state index contributed by atoms with van der Waals surface area (Å²) in [7, 11) is 0. The van der Waals surface area contributed by atoms with Gasteiger partial charge in [-0.15, -0.1) is 0 Å². The van der Waals surface area contributed by atoms with Gasteiger partial charge in [-0.3, -0.25) is 4.79 Å². The number of nitrogens with zero attached hydrogens (tertiary/aromatic N) is 3. The Morgan fingerprint density at radius 1 is 1.06 bits per heavy atom. The quantitative estimate of drug-likeness (QED) is 0.171. The van der Waals surface area contributed by atoms with Gasteiger partial charge in [0.1, 0.15) is 6.61 Å². The van der Waals surface area contributed by atoms with E-state index in [9.17, 15) is 4.79 Å². The first-order valence-corrected chi connectivity index (χ1v) is 12.1. The summed E-state index contributed by atoms with van der Waals surface area (Å²) >= 11 is 4.70. The van der Waals surface area contributed by atoms with Gasteiger partial charge in [0, 0.05) is 15.9 Å². The lowest BCUT2D eigenvalue weighted by Crippen LogP contribution is -2.19. The zero-order valence-electron chi connectivity index (χ0n) is 18.7. The molecule has 3 rings (SSSR count). The van der Waals surface area contributed by atoms with Crippen LogP contribution in [0.5, 0.6) is 11.5 Å². The molecule has 9 heteroatoms. The number of ether oxygens (including phenoxy) is 2. The van der Waals surface area contributed by atoms with Gasteiger partial charge in [0.2, 0.25) is 0 Å². The smallest absolute Gasteiger partial charge is 0.250 e. The van der Waals surface area contributed by atoms with Crippen LogP contribution in [-0.2, 0) is 11.4 Å². The highest BCUT2D eigenvalue weighted by atomic mass is 79.9. The van der Waals surface area contributed by atoms with Crippen LogP contribution in [-0.4, -0.2) is 34.4 Å². The van der Waals surface area contributed by atoms with Crippen molar-refractivity contribution >= 4 is 39.8 Å². The van der Waals surface area contributed by atoms with Gasteiger partial charge in [-0.05, 0) is 68.3 Å². The molecule has 0 saturated heterocycles. The molecule has 33 heavy (non-hydrogen) atoms. The van der Waals surface area contributed by atoms with E-state index in [4.69, 9.17) is 9.47 Å². The zero-order chi connectivity index (χ0) is 23.6. The van der Waals surface area contributed by atoms with E-state index in [0.29, 0.717) is 29.9 Å². The molecular formula is C24H25BrN4O3S. The summed E-state index contributed by atoms with van der Waals surface area (Å²) in [6.45, 7) is 6.65. The first kappa shape index (κ1) is 24.7. The molecule has 0 aliphatic rings. The summed E-state index contributed by atoms with van der Waals surface area (Å²) in [6, 6.07) is 15.4. The number of amides is 1. The normalized spacial score (nSPS) is 10.9. The summed E-state index contributed by atoms with van der Waals surface area (Å²) in [6.07, 6.45) is 1.57. The third-order valence-corrected chi connectivity index (χ3v) is 5.65. The number of benzene rings is 2. The molecule has 1 amide bonds. The van der Waals surface area contributed by atoms with Crippen LogP contribution in [0.1, 0.15) is 29.4 Å². The molecule has 0 bridgehead atoms. The second kappa shape index (κ2) is 12.4. The molecule has 0 fully saturated rings. The van der Waals surface area contributed by atoms with Gasteiger partial charge in [0.25, 0.3) is 5.91 Å². The second-order valence-corrected chi connectivity index (χ2v) is 8.93. The minimum Gasteiger partial charge on any atom is -0.490 e. The number of aryl methyl sites for hydroxylation is 2. The lowest BCUT2D eigenvalue weighted by Gasteiger charge is -2.12. The molecule has 0 radical (unpaired) electrons. The van der Waals surface area contributed by atoms with Gasteiger partial charge in [-0.25, -0.2) is 15.4 Å². The van der Waals surface area contributed by atoms with Crippen molar-refractivity contribution in [1.82, 2.24) is 15.4 Å². The largest absolute Gasteiger partial charge is 0.490 e. The first-order chi connectivity index (χ1) is 15.9. The molecule has 7 nitrogen and oxygen atoms in total. The average molecular weight is 529 g/mol. The van der Waals surface area contributed by atoms with Crippen LogP contribution in [0.15, 0.2) is 63.3 Å². The van der Waals surface area contributed by atoms with Crippen molar-refractivity contribution in [3.8, 4) is 11.5 Å². The number of hydrogen-bond acceptors (Lipinski definition) is 7. The van der Waals surface area contributed by atoms with Crippen molar-refractivity contribution in [2.75, 3.05) is 12.4 Å². The molecule has 0 unspecified atom stereocenters. The standard InChI is InChI=1S/C24H25BrN4O3S/c1-4-31-22-12-19(7-10-21(22)32-14-18-5-8-20(25)9-6-18)13-26-29-23(30)15-33-24-27-16(2)11-17(3)28-24/h5-13H,4,14-15H2,1-3H3,(H,29,30)/b26-13-. The van der Waals surface area contributed by atoms with Crippen molar-refractivity contribution in [2.24, 2.45) is 5.10 Å². The molecule has 1 N–H and O–H groups in total. The number of nitrogens with one attached hydrogen (secondary N) is 1. The van der Waals surface area contributed by atoms with Gasteiger partial charge in [-0.1, -0.05) is 39.8 Å². The molecular weight excluding hydrogens is 504 g/mol. The maximum atomic E-state index is 12.1. The predicted molar refractivity (Wildman–Crippen MR) is 134 cm³/mol. The number of rotatable bonds is 10. The highest BCUT2D eigenvalue weighted by molar-refractivity contribution is 9.10. The molecule has 3 aromatic rings. The van der Waals surface area contributed by atoms with E-state index in [0.717, 1.165) is 27.0 Å². The zero-order valence-corrected chi connectivity index (χ0v) is 21.1. The Hall–Kier alpha value is -2.91. The monoisotopic (exact) mass is 528 g/mol. The Morgan fingerprint density at radius 3 is 2.48 bits per heavy atom. The fourth-order valence-electron chi connectivity index (χ4n) is 2.83. The summed E-state index contributed by atoms with van der Waals surface area (Å²) in [4.78, 5) is 20.7. The van der Waals surface area contributed by atoms with E-state index in [1.807, 2.05) is 69.3 Å². The van der Waals surface area contributed by atoms with Crippen LogP contribution in [0.2, 0.25) is 0 Å². The van der Waals surface area contributed by atoms with Crippen molar-refractivity contribution in [1.29, 1.82) is 0 Å². The maximum Gasteiger partial charge on any atom is 0.250 e. The van der Waals surface area contributed by atoms with Gasteiger partial charge in [0.05, 0.1) is 18.6 Å². The Morgan fingerprint density at radius 2 is 1.79 bits per heavy atom. The van der Waals surface area contributed by atoms with Crippen molar-refractivity contribution in [2.45, 2.75) is 32.5 Å². The molecule has 0 aliphatic heterocycles. The van der Waals surface area contributed by atoms with Crippen LogP contribution >= 0.6 is 27.7 Å². The SMILES string of the molecule is CCOc1cc(/C=N\NC(=O)CSc2nc(C)cc(C)n2)ccc1OCc1ccc(Br)cc1. The minimum absolute atomic E-state index is 0.174.